The SMILES string of the molecule is N#CC(c1cccc(F)c1)(C1CCCC1)C1CCN(CC2CN(c3ccc(OC(F)(F)F)cc3)C2)CC1. The Morgan fingerprint density at radius 1 is 0.919 bits per heavy atom. The molecule has 37 heavy (non-hydrogen) atoms. The molecular weight excluding hydrogens is 482 g/mol. The maximum atomic E-state index is 14.2. The highest BCUT2D eigenvalue weighted by molar-refractivity contribution is 5.51. The molecule has 0 bridgehead atoms. The van der Waals surface area contributed by atoms with Gasteiger partial charge in [0.2, 0.25) is 0 Å². The molecule has 0 N–H and O–H groups in total. The molecule has 2 aliphatic heterocycles. The number of ether oxygens (including phenoxy) is 1. The fraction of sp³-hybridized carbons (Fsp3) is 0.552. The Hall–Kier alpha value is -2.79. The van der Waals surface area contributed by atoms with E-state index < -0.39 is 11.8 Å². The van der Waals surface area contributed by atoms with E-state index in [1.54, 1.807) is 24.3 Å². The molecule has 2 aromatic carbocycles. The van der Waals surface area contributed by atoms with Crippen molar-refractivity contribution in [2.75, 3.05) is 37.6 Å². The highest BCUT2D eigenvalue weighted by Crippen LogP contribution is 2.50. The molecule has 2 heterocycles. The third-order valence-electron chi connectivity index (χ3n) is 8.63. The summed E-state index contributed by atoms with van der Waals surface area (Å²) in [6.07, 6.45) is 1.52. The van der Waals surface area contributed by atoms with Crippen molar-refractivity contribution in [2.45, 2.75) is 50.3 Å². The lowest BCUT2D eigenvalue weighted by Gasteiger charge is -2.47. The first-order valence-corrected chi connectivity index (χ1v) is 13.3. The summed E-state index contributed by atoms with van der Waals surface area (Å²) in [6.45, 7) is 4.56. The fourth-order valence-corrected chi connectivity index (χ4v) is 6.87. The van der Waals surface area contributed by atoms with E-state index >= 15 is 0 Å². The Kier molecular flexibility index (Phi) is 7.35. The van der Waals surface area contributed by atoms with Gasteiger partial charge >= 0.3 is 6.36 Å². The predicted molar refractivity (Wildman–Crippen MR) is 134 cm³/mol. The number of nitriles is 1. The van der Waals surface area contributed by atoms with Crippen LogP contribution in [0, 0.1) is 34.9 Å². The van der Waals surface area contributed by atoms with E-state index in [4.69, 9.17) is 0 Å². The molecule has 5 rings (SSSR count). The first kappa shape index (κ1) is 25.8. The molecule has 8 heteroatoms. The second kappa shape index (κ2) is 10.5. The Balaban J connectivity index is 1.16. The van der Waals surface area contributed by atoms with E-state index in [1.807, 2.05) is 6.07 Å². The number of nitrogens with zero attached hydrogens (tertiary/aromatic N) is 3. The van der Waals surface area contributed by atoms with Crippen molar-refractivity contribution in [3.8, 4) is 11.8 Å². The summed E-state index contributed by atoms with van der Waals surface area (Å²) in [4.78, 5) is 4.64. The van der Waals surface area contributed by atoms with Crippen LogP contribution in [0.15, 0.2) is 48.5 Å². The molecule has 198 valence electrons. The minimum Gasteiger partial charge on any atom is -0.406 e. The number of hydrogen-bond acceptors (Lipinski definition) is 4. The highest BCUT2D eigenvalue weighted by Gasteiger charge is 2.49. The summed E-state index contributed by atoms with van der Waals surface area (Å²) < 4.78 is 55.3. The smallest absolute Gasteiger partial charge is 0.406 e. The van der Waals surface area contributed by atoms with Gasteiger partial charge in [-0.1, -0.05) is 25.0 Å². The van der Waals surface area contributed by atoms with E-state index in [1.165, 1.54) is 18.2 Å². The molecule has 2 aromatic rings. The van der Waals surface area contributed by atoms with Crippen LogP contribution in [0.5, 0.6) is 5.75 Å². The van der Waals surface area contributed by atoms with Crippen molar-refractivity contribution in [1.82, 2.24) is 4.90 Å². The molecule has 0 radical (unpaired) electrons. The number of benzene rings is 2. The van der Waals surface area contributed by atoms with Crippen LogP contribution >= 0.6 is 0 Å². The molecular formula is C29H33F4N3O. The first-order valence-electron chi connectivity index (χ1n) is 13.3. The average molecular weight is 516 g/mol. The second-order valence-electron chi connectivity index (χ2n) is 10.9. The standard InChI is InChI=1S/C29H33F4N3O/c30-25-7-3-6-24(16-25)28(20-34,22-4-1-2-5-22)23-12-14-35(15-13-23)17-21-18-36(19-21)26-8-10-27(11-9-26)37-29(31,32)33/h3,6-11,16,21-23H,1-2,4-5,12-15,17-19H2. The van der Waals surface area contributed by atoms with Crippen LogP contribution < -0.4 is 9.64 Å². The quantitative estimate of drug-likeness (QED) is 0.394. The van der Waals surface area contributed by atoms with Crippen LogP contribution in [-0.2, 0) is 5.41 Å². The van der Waals surface area contributed by atoms with E-state index in [0.29, 0.717) is 5.92 Å². The number of rotatable bonds is 7. The van der Waals surface area contributed by atoms with Crippen molar-refractivity contribution < 1.29 is 22.3 Å². The van der Waals surface area contributed by atoms with Crippen molar-refractivity contribution in [3.63, 3.8) is 0 Å². The van der Waals surface area contributed by atoms with Crippen LogP contribution in [0.25, 0.3) is 0 Å². The Morgan fingerprint density at radius 3 is 2.16 bits per heavy atom. The number of likely N-dealkylation sites (tertiary alicyclic amines) is 1. The predicted octanol–water partition coefficient (Wildman–Crippen LogP) is 6.52. The van der Waals surface area contributed by atoms with Crippen molar-refractivity contribution in [1.29, 1.82) is 5.26 Å². The van der Waals surface area contributed by atoms with Gasteiger partial charge in [-0.25, -0.2) is 4.39 Å². The number of hydrogen-bond donors (Lipinski definition) is 0. The molecule has 0 amide bonds. The monoisotopic (exact) mass is 515 g/mol. The molecule has 1 atom stereocenters. The zero-order chi connectivity index (χ0) is 26.0. The van der Waals surface area contributed by atoms with Crippen molar-refractivity contribution in [3.05, 3.63) is 59.9 Å². The van der Waals surface area contributed by atoms with Gasteiger partial charge < -0.3 is 14.5 Å². The zero-order valence-corrected chi connectivity index (χ0v) is 20.9. The third kappa shape index (κ3) is 5.57. The fourth-order valence-electron chi connectivity index (χ4n) is 6.87. The van der Waals surface area contributed by atoms with Crippen LogP contribution in [0.2, 0.25) is 0 Å². The topological polar surface area (TPSA) is 39.5 Å². The lowest BCUT2D eigenvalue weighted by Crippen LogP contribution is -2.53. The molecule has 3 fully saturated rings. The Labute approximate surface area is 215 Å². The normalized spacial score (nSPS) is 21.9. The van der Waals surface area contributed by atoms with Gasteiger partial charge in [-0.05, 0) is 92.6 Å². The number of halogens is 4. The highest BCUT2D eigenvalue weighted by atomic mass is 19.4. The summed E-state index contributed by atoms with van der Waals surface area (Å²) in [5.74, 6) is 0.518. The van der Waals surface area contributed by atoms with Gasteiger partial charge in [0.15, 0.2) is 0 Å². The van der Waals surface area contributed by atoms with Crippen molar-refractivity contribution >= 4 is 5.69 Å². The maximum Gasteiger partial charge on any atom is 0.573 e. The molecule has 1 saturated carbocycles. The zero-order valence-electron chi connectivity index (χ0n) is 20.9. The maximum absolute atomic E-state index is 14.2. The lowest BCUT2D eigenvalue weighted by atomic mass is 9.60. The van der Waals surface area contributed by atoms with Crippen molar-refractivity contribution in [2.24, 2.45) is 17.8 Å². The number of alkyl halides is 3. The largest absolute Gasteiger partial charge is 0.573 e. The molecule has 4 nitrogen and oxygen atoms in total. The summed E-state index contributed by atoms with van der Waals surface area (Å²) in [5.41, 5.74) is 1.12. The minimum atomic E-state index is -4.68. The summed E-state index contributed by atoms with van der Waals surface area (Å²) in [5, 5.41) is 10.5. The lowest BCUT2D eigenvalue weighted by molar-refractivity contribution is -0.274. The van der Waals surface area contributed by atoms with Gasteiger partial charge in [0.1, 0.15) is 11.6 Å². The second-order valence-corrected chi connectivity index (χ2v) is 10.9. The summed E-state index contributed by atoms with van der Waals surface area (Å²) >= 11 is 0. The molecule has 3 aliphatic rings. The summed E-state index contributed by atoms with van der Waals surface area (Å²) in [7, 11) is 0. The minimum absolute atomic E-state index is 0.208. The molecule has 2 saturated heterocycles. The Bertz CT molecular complexity index is 1100. The molecule has 1 aliphatic carbocycles. The van der Waals surface area contributed by atoms with E-state index in [2.05, 4.69) is 20.6 Å². The first-order chi connectivity index (χ1) is 17.8. The number of anilines is 1. The van der Waals surface area contributed by atoms with E-state index in [0.717, 1.165) is 82.5 Å². The number of piperidine rings is 1. The van der Waals surface area contributed by atoms with Crippen LogP contribution in [0.3, 0.4) is 0 Å². The van der Waals surface area contributed by atoms with Gasteiger partial charge in [0, 0.05) is 31.2 Å². The van der Waals surface area contributed by atoms with Gasteiger partial charge in [0.05, 0.1) is 11.5 Å². The van der Waals surface area contributed by atoms with E-state index in [9.17, 15) is 22.8 Å². The Morgan fingerprint density at radius 2 is 1.57 bits per heavy atom. The van der Waals surface area contributed by atoms with Crippen LogP contribution in [-0.4, -0.2) is 44.0 Å². The molecule has 0 aromatic heterocycles. The van der Waals surface area contributed by atoms with E-state index in [-0.39, 0.29) is 23.4 Å². The van der Waals surface area contributed by atoms with Gasteiger partial charge in [0.25, 0.3) is 0 Å². The average Bonchev–Trinajstić information content (AvgIpc) is 3.38. The van der Waals surface area contributed by atoms with Gasteiger partial charge in [-0.2, -0.15) is 5.26 Å². The van der Waals surface area contributed by atoms with Gasteiger partial charge in [-0.3, -0.25) is 0 Å². The third-order valence-corrected chi connectivity index (χ3v) is 8.63. The molecule has 0 spiro atoms. The summed E-state index contributed by atoms with van der Waals surface area (Å²) in [6, 6.07) is 15.5. The van der Waals surface area contributed by atoms with Crippen LogP contribution in [0.1, 0.15) is 44.1 Å². The van der Waals surface area contributed by atoms with Crippen LogP contribution in [0.4, 0.5) is 23.2 Å². The van der Waals surface area contributed by atoms with Gasteiger partial charge in [-0.15, -0.1) is 13.2 Å². The molecule has 1 unspecified atom stereocenters.